The average molecular weight is 158 g/mol. The highest BCUT2D eigenvalue weighted by Gasteiger charge is 1.78. The van der Waals surface area contributed by atoms with E-state index in [0.717, 1.165) is 6.08 Å². The predicted molar refractivity (Wildman–Crippen MR) is 45.8 cm³/mol. The molecule has 12 heavy (non-hydrogen) atoms. The van der Waals surface area contributed by atoms with Crippen molar-refractivity contribution in [1.29, 1.82) is 0 Å². The number of hydrogen-bond acceptors (Lipinski definition) is 1. The zero-order valence-electron chi connectivity index (χ0n) is 6.51. The van der Waals surface area contributed by atoms with Gasteiger partial charge in [-0.2, -0.15) is 0 Å². The summed E-state index contributed by atoms with van der Waals surface area (Å²) in [6, 6.07) is 0. The summed E-state index contributed by atoms with van der Waals surface area (Å²) in [6.07, 6.45) is 2.16. The lowest BCUT2D eigenvalue weighted by molar-refractivity contribution is -0.131. The quantitative estimate of drug-likeness (QED) is 0.449. The van der Waals surface area contributed by atoms with Crippen molar-refractivity contribution < 1.29 is 9.90 Å². The van der Waals surface area contributed by atoms with Crippen LogP contribution in [0.2, 0.25) is 0 Å². The number of carboxylic acid groups (broad SMARTS) is 1. The van der Waals surface area contributed by atoms with Crippen molar-refractivity contribution in [3.63, 3.8) is 0 Å². The molecule has 0 aromatic carbocycles. The molecule has 0 atom stereocenters. The fourth-order valence-electron chi connectivity index (χ4n) is 0.316. The molecule has 0 saturated carbocycles. The topological polar surface area (TPSA) is 37.3 Å². The highest BCUT2D eigenvalue weighted by Crippen LogP contribution is 1.68. The first kappa shape index (κ1) is 9.89. The van der Waals surface area contributed by atoms with Gasteiger partial charge in [-0.05, 0) is 36.7 Å². The van der Waals surface area contributed by atoms with Crippen molar-refractivity contribution in [3.8, 4) is 35.5 Å². The van der Waals surface area contributed by atoms with Gasteiger partial charge in [0.05, 0.1) is 0 Å². The molecule has 0 aliphatic carbocycles. The van der Waals surface area contributed by atoms with Crippen LogP contribution in [-0.2, 0) is 4.79 Å². The summed E-state index contributed by atoms with van der Waals surface area (Å²) in [4.78, 5) is 9.92. The molecule has 0 aromatic rings. The normalized spacial score (nSPS) is 6.75. The summed E-state index contributed by atoms with van der Waals surface area (Å²) >= 11 is 0. The molecule has 58 valence electrons. The molecule has 0 rings (SSSR count). The molecule has 2 heteroatoms. The molecule has 1 N–H and O–H groups in total. The van der Waals surface area contributed by atoms with Gasteiger partial charge >= 0.3 is 5.97 Å². The summed E-state index contributed by atoms with van der Waals surface area (Å²) in [5, 5.41) is 8.14. The average Bonchev–Trinajstić information content (AvgIpc) is 2.02. The summed E-state index contributed by atoms with van der Waals surface area (Å²) in [5.74, 6) is 13.8. The number of allylic oxidation sites excluding steroid dienone is 1. The molecule has 0 bridgehead atoms. The second-order valence-electron chi connectivity index (χ2n) is 1.57. The Balaban J connectivity index is 3.99. The first-order valence-electron chi connectivity index (χ1n) is 3.09. The fourth-order valence-corrected chi connectivity index (χ4v) is 0.316. The minimum Gasteiger partial charge on any atom is -0.478 e. The first-order valence-corrected chi connectivity index (χ1v) is 3.09. The lowest BCUT2D eigenvalue weighted by atomic mass is 10.4. The maximum atomic E-state index is 9.92. The van der Waals surface area contributed by atoms with Crippen molar-refractivity contribution in [3.05, 3.63) is 12.2 Å². The lowest BCUT2D eigenvalue weighted by Crippen LogP contribution is -1.84. The molecule has 2 nitrogen and oxygen atoms in total. The van der Waals surface area contributed by atoms with Gasteiger partial charge in [0.1, 0.15) is 0 Å². The standard InChI is InChI=1S/C10H6O2/c1-2-3-4-5-6-7-8-9-10(11)12/h8-9H,1H3,(H,11,12). The van der Waals surface area contributed by atoms with E-state index in [9.17, 15) is 4.79 Å². The highest BCUT2D eigenvalue weighted by atomic mass is 16.4. The van der Waals surface area contributed by atoms with Gasteiger partial charge < -0.3 is 5.11 Å². The van der Waals surface area contributed by atoms with Gasteiger partial charge in [0.25, 0.3) is 0 Å². The summed E-state index contributed by atoms with van der Waals surface area (Å²) in [5.41, 5.74) is 0. The Labute approximate surface area is 71.3 Å². The minimum absolute atomic E-state index is 0.945. The number of hydrogen-bond donors (Lipinski definition) is 1. The largest absolute Gasteiger partial charge is 0.478 e. The highest BCUT2D eigenvalue weighted by molar-refractivity contribution is 5.80. The van der Waals surface area contributed by atoms with Crippen LogP contribution in [-0.4, -0.2) is 11.1 Å². The second kappa shape index (κ2) is 7.00. The van der Waals surface area contributed by atoms with Crippen LogP contribution >= 0.6 is 0 Å². The van der Waals surface area contributed by atoms with Crippen LogP contribution in [0.4, 0.5) is 0 Å². The van der Waals surface area contributed by atoms with E-state index in [2.05, 4.69) is 35.5 Å². The molecule has 0 aliphatic heterocycles. The fraction of sp³-hybridized carbons (Fsp3) is 0.100. The van der Waals surface area contributed by atoms with E-state index in [4.69, 9.17) is 5.11 Å². The Morgan fingerprint density at radius 3 is 2.50 bits per heavy atom. The van der Waals surface area contributed by atoms with Crippen LogP contribution in [0.1, 0.15) is 6.92 Å². The Morgan fingerprint density at radius 2 is 1.92 bits per heavy atom. The maximum absolute atomic E-state index is 9.92. The molecular weight excluding hydrogens is 152 g/mol. The monoisotopic (exact) mass is 158 g/mol. The van der Waals surface area contributed by atoms with Gasteiger partial charge in [0, 0.05) is 6.08 Å². The van der Waals surface area contributed by atoms with Crippen LogP contribution in [0.15, 0.2) is 12.2 Å². The molecule has 0 radical (unpaired) electrons. The number of rotatable bonds is 1. The lowest BCUT2D eigenvalue weighted by Gasteiger charge is -1.69. The van der Waals surface area contributed by atoms with E-state index < -0.39 is 5.97 Å². The Kier molecular flexibility index (Phi) is 5.77. The first-order chi connectivity index (χ1) is 5.77. The third-order valence-electron chi connectivity index (χ3n) is 0.694. The zero-order valence-corrected chi connectivity index (χ0v) is 6.51. The van der Waals surface area contributed by atoms with Crippen LogP contribution < -0.4 is 0 Å². The van der Waals surface area contributed by atoms with Crippen LogP contribution in [0, 0.1) is 35.5 Å². The van der Waals surface area contributed by atoms with E-state index in [0.29, 0.717) is 0 Å². The molecule has 0 aromatic heterocycles. The van der Waals surface area contributed by atoms with Crippen LogP contribution in [0.3, 0.4) is 0 Å². The van der Waals surface area contributed by atoms with Crippen molar-refractivity contribution in [2.24, 2.45) is 0 Å². The van der Waals surface area contributed by atoms with Gasteiger partial charge in [0.2, 0.25) is 0 Å². The summed E-state index contributed by atoms with van der Waals surface area (Å²) < 4.78 is 0. The van der Waals surface area contributed by atoms with Crippen molar-refractivity contribution in [2.75, 3.05) is 0 Å². The summed E-state index contributed by atoms with van der Waals surface area (Å²) in [7, 11) is 0. The third-order valence-corrected chi connectivity index (χ3v) is 0.694. The van der Waals surface area contributed by atoms with Gasteiger partial charge in [-0.15, -0.1) is 0 Å². The molecule has 0 spiro atoms. The Bertz CT molecular complexity index is 356. The van der Waals surface area contributed by atoms with Crippen molar-refractivity contribution in [1.82, 2.24) is 0 Å². The molecule has 0 fully saturated rings. The molecule has 0 aliphatic rings. The SMILES string of the molecule is CC#CC#CC#CC=CC(=O)O. The van der Waals surface area contributed by atoms with Gasteiger partial charge in [-0.25, -0.2) is 4.79 Å². The third kappa shape index (κ3) is 7.89. The van der Waals surface area contributed by atoms with Crippen LogP contribution in [0.5, 0.6) is 0 Å². The van der Waals surface area contributed by atoms with Gasteiger partial charge in [0.15, 0.2) is 0 Å². The maximum Gasteiger partial charge on any atom is 0.328 e. The Morgan fingerprint density at radius 1 is 1.25 bits per heavy atom. The number of carboxylic acids is 1. The number of carbonyl (C=O) groups is 1. The second-order valence-corrected chi connectivity index (χ2v) is 1.57. The Hall–Kier alpha value is -2.11. The van der Waals surface area contributed by atoms with Crippen LogP contribution in [0.25, 0.3) is 0 Å². The molecular formula is C10H6O2. The van der Waals surface area contributed by atoms with E-state index in [1.54, 1.807) is 6.92 Å². The molecule has 0 unspecified atom stereocenters. The molecule has 0 saturated heterocycles. The molecule has 0 heterocycles. The molecule has 0 amide bonds. The van der Waals surface area contributed by atoms with E-state index in [1.165, 1.54) is 6.08 Å². The van der Waals surface area contributed by atoms with Crippen molar-refractivity contribution >= 4 is 5.97 Å². The predicted octanol–water partition coefficient (Wildman–Crippen LogP) is 0.657. The van der Waals surface area contributed by atoms with Gasteiger partial charge in [-0.3, -0.25) is 0 Å². The smallest absolute Gasteiger partial charge is 0.328 e. The number of aliphatic carboxylic acids is 1. The van der Waals surface area contributed by atoms with Gasteiger partial charge in [-0.1, -0.05) is 11.8 Å². The zero-order chi connectivity index (χ0) is 9.23. The minimum atomic E-state index is -1.02. The summed E-state index contributed by atoms with van der Waals surface area (Å²) in [6.45, 7) is 1.67. The van der Waals surface area contributed by atoms with E-state index in [-0.39, 0.29) is 0 Å². The van der Waals surface area contributed by atoms with E-state index in [1.807, 2.05) is 0 Å². The van der Waals surface area contributed by atoms with Crippen molar-refractivity contribution in [2.45, 2.75) is 6.92 Å². The van der Waals surface area contributed by atoms with E-state index >= 15 is 0 Å².